The molecule has 1 rings (SSSR count). The Bertz CT molecular complexity index is 420. The molecule has 0 saturated heterocycles. The Morgan fingerprint density at radius 3 is 2.56 bits per heavy atom. The summed E-state index contributed by atoms with van der Waals surface area (Å²) in [5.41, 5.74) is 0.297. The summed E-state index contributed by atoms with van der Waals surface area (Å²) in [6.45, 7) is 5.92. The standard InChI is InChI=1S/C14H19N3O/c1-4-13(14(2,3)10-15)18-11-16-17-12-8-6-5-7-9-12/h5-9,13H,4,11H2,1-3H3. The largest absolute Gasteiger partial charge is 0.353 e. The maximum absolute atomic E-state index is 9.05. The van der Waals surface area contributed by atoms with Crippen LogP contribution in [0.5, 0.6) is 0 Å². The van der Waals surface area contributed by atoms with Crippen molar-refractivity contribution in [3.05, 3.63) is 30.3 Å². The quantitative estimate of drug-likeness (QED) is 0.709. The summed E-state index contributed by atoms with van der Waals surface area (Å²) < 4.78 is 5.59. The Labute approximate surface area is 108 Å². The number of hydrogen-bond acceptors (Lipinski definition) is 4. The number of nitrogens with zero attached hydrogens (tertiary/aromatic N) is 3. The highest BCUT2D eigenvalue weighted by molar-refractivity contribution is 5.34. The number of hydrogen-bond donors (Lipinski definition) is 0. The summed E-state index contributed by atoms with van der Waals surface area (Å²) in [5, 5.41) is 17.1. The van der Waals surface area contributed by atoms with Gasteiger partial charge < -0.3 is 4.74 Å². The van der Waals surface area contributed by atoms with Crippen LogP contribution >= 0.6 is 0 Å². The van der Waals surface area contributed by atoms with Crippen LogP contribution in [0.15, 0.2) is 40.6 Å². The van der Waals surface area contributed by atoms with E-state index in [1.54, 1.807) is 0 Å². The van der Waals surface area contributed by atoms with E-state index in [4.69, 9.17) is 10.00 Å². The summed E-state index contributed by atoms with van der Waals surface area (Å²) in [7, 11) is 0. The molecule has 1 aromatic rings. The molecule has 0 amide bonds. The zero-order valence-corrected chi connectivity index (χ0v) is 11.1. The van der Waals surface area contributed by atoms with E-state index >= 15 is 0 Å². The van der Waals surface area contributed by atoms with Gasteiger partial charge in [0.2, 0.25) is 0 Å². The Hall–Kier alpha value is -1.73. The lowest BCUT2D eigenvalue weighted by atomic mass is 9.87. The topological polar surface area (TPSA) is 57.7 Å². The number of azo groups is 1. The van der Waals surface area contributed by atoms with E-state index in [0.717, 1.165) is 12.1 Å². The van der Waals surface area contributed by atoms with E-state index in [1.165, 1.54) is 0 Å². The van der Waals surface area contributed by atoms with Crippen LogP contribution in [0.3, 0.4) is 0 Å². The molecule has 0 N–H and O–H groups in total. The highest BCUT2D eigenvalue weighted by Gasteiger charge is 2.28. The molecule has 0 aliphatic carbocycles. The SMILES string of the molecule is CCC(OCN=Nc1ccccc1)C(C)(C)C#N. The average molecular weight is 245 g/mol. The predicted molar refractivity (Wildman–Crippen MR) is 70.4 cm³/mol. The van der Waals surface area contributed by atoms with Gasteiger partial charge in [0.1, 0.15) is 0 Å². The first-order valence-electron chi connectivity index (χ1n) is 6.05. The van der Waals surface area contributed by atoms with Crippen molar-refractivity contribution < 1.29 is 4.74 Å². The first-order valence-corrected chi connectivity index (χ1v) is 6.05. The molecule has 18 heavy (non-hydrogen) atoms. The van der Waals surface area contributed by atoms with Gasteiger partial charge in [-0.1, -0.05) is 25.1 Å². The van der Waals surface area contributed by atoms with Gasteiger partial charge in [0, 0.05) is 0 Å². The van der Waals surface area contributed by atoms with Crippen molar-refractivity contribution in [3.63, 3.8) is 0 Å². The van der Waals surface area contributed by atoms with Crippen molar-refractivity contribution in [1.82, 2.24) is 0 Å². The molecule has 0 spiro atoms. The molecule has 0 radical (unpaired) electrons. The van der Waals surface area contributed by atoms with Gasteiger partial charge in [0.05, 0.1) is 23.3 Å². The maximum atomic E-state index is 9.05. The Morgan fingerprint density at radius 2 is 2.00 bits per heavy atom. The van der Waals surface area contributed by atoms with Crippen molar-refractivity contribution in [2.45, 2.75) is 33.3 Å². The second-order valence-corrected chi connectivity index (χ2v) is 4.60. The molecular weight excluding hydrogens is 226 g/mol. The molecular formula is C14H19N3O. The van der Waals surface area contributed by atoms with Crippen molar-refractivity contribution in [3.8, 4) is 6.07 Å². The van der Waals surface area contributed by atoms with Crippen LogP contribution in [0.4, 0.5) is 5.69 Å². The summed E-state index contributed by atoms with van der Waals surface area (Å²) in [6, 6.07) is 11.7. The van der Waals surface area contributed by atoms with E-state index in [2.05, 4.69) is 16.3 Å². The van der Waals surface area contributed by atoms with E-state index in [-0.39, 0.29) is 12.8 Å². The van der Waals surface area contributed by atoms with Gasteiger partial charge in [-0.25, -0.2) is 0 Å². The van der Waals surface area contributed by atoms with Crippen molar-refractivity contribution in [2.75, 3.05) is 6.73 Å². The Morgan fingerprint density at radius 1 is 1.33 bits per heavy atom. The molecule has 1 atom stereocenters. The van der Waals surface area contributed by atoms with Gasteiger partial charge in [-0.3, -0.25) is 0 Å². The van der Waals surface area contributed by atoms with Crippen LogP contribution in [0.25, 0.3) is 0 Å². The smallest absolute Gasteiger partial charge is 0.158 e. The fourth-order valence-corrected chi connectivity index (χ4v) is 1.64. The third kappa shape index (κ3) is 4.27. The van der Waals surface area contributed by atoms with Crippen LogP contribution < -0.4 is 0 Å². The van der Waals surface area contributed by atoms with E-state index in [9.17, 15) is 0 Å². The van der Waals surface area contributed by atoms with E-state index < -0.39 is 5.41 Å². The zero-order chi connectivity index (χ0) is 13.4. The van der Waals surface area contributed by atoms with Gasteiger partial charge in [-0.05, 0) is 32.4 Å². The van der Waals surface area contributed by atoms with Gasteiger partial charge >= 0.3 is 0 Å². The molecule has 4 nitrogen and oxygen atoms in total. The lowest BCUT2D eigenvalue weighted by Crippen LogP contribution is -2.30. The summed E-state index contributed by atoms with van der Waals surface area (Å²) in [5.74, 6) is 0. The zero-order valence-electron chi connectivity index (χ0n) is 11.1. The fourth-order valence-electron chi connectivity index (χ4n) is 1.64. The molecule has 96 valence electrons. The monoisotopic (exact) mass is 245 g/mol. The summed E-state index contributed by atoms with van der Waals surface area (Å²) >= 11 is 0. The van der Waals surface area contributed by atoms with Crippen molar-refractivity contribution in [2.24, 2.45) is 15.6 Å². The van der Waals surface area contributed by atoms with Crippen LogP contribution in [0.1, 0.15) is 27.2 Å². The molecule has 4 heteroatoms. The minimum Gasteiger partial charge on any atom is -0.353 e. The Balaban J connectivity index is 2.46. The van der Waals surface area contributed by atoms with Crippen molar-refractivity contribution in [1.29, 1.82) is 5.26 Å². The molecule has 0 heterocycles. The normalized spacial score (nSPS) is 13.4. The third-order valence-electron chi connectivity index (χ3n) is 2.74. The molecule has 0 aliphatic rings. The van der Waals surface area contributed by atoms with Crippen LogP contribution in [-0.4, -0.2) is 12.8 Å². The fraction of sp³-hybridized carbons (Fsp3) is 0.500. The van der Waals surface area contributed by atoms with Gasteiger partial charge in [0.15, 0.2) is 6.73 Å². The first-order chi connectivity index (χ1) is 8.60. The highest BCUT2D eigenvalue weighted by atomic mass is 16.5. The average Bonchev–Trinajstić information content (AvgIpc) is 2.39. The second kappa shape index (κ2) is 6.87. The molecule has 0 saturated carbocycles. The lowest BCUT2D eigenvalue weighted by Gasteiger charge is -2.25. The number of nitriles is 1. The lowest BCUT2D eigenvalue weighted by molar-refractivity contribution is -0.00251. The van der Waals surface area contributed by atoms with Crippen LogP contribution in [0, 0.1) is 16.7 Å². The minimum absolute atomic E-state index is 0.128. The molecule has 0 fully saturated rings. The van der Waals surface area contributed by atoms with Gasteiger partial charge in [-0.15, -0.1) is 0 Å². The number of rotatable bonds is 6. The van der Waals surface area contributed by atoms with Crippen LogP contribution in [-0.2, 0) is 4.74 Å². The maximum Gasteiger partial charge on any atom is 0.158 e. The Kier molecular flexibility index (Phi) is 5.47. The minimum atomic E-state index is -0.503. The highest BCUT2D eigenvalue weighted by Crippen LogP contribution is 2.24. The summed E-state index contributed by atoms with van der Waals surface area (Å²) in [6.07, 6.45) is 0.652. The summed E-state index contributed by atoms with van der Waals surface area (Å²) in [4.78, 5) is 0. The molecule has 0 aromatic heterocycles. The van der Waals surface area contributed by atoms with E-state index in [0.29, 0.717) is 0 Å². The number of benzene rings is 1. The number of ether oxygens (including phenoxy) is 1. The first kappa shape index (κ1) is 14.3. The molecule has 1 aromatic carbocycles. The molecule has 0 bridgehead atoms. The second-order valence-electron chi connectivity index (χ2n) is 4.60. The van der Waals surface area contributed by atoms with Gasteiger partial charge in [0.25, 0.3) is 0 Å². The third-order valence-corrected chi connectivity index (χ3v) is 2.74. The molecule has 0 aliphatic heterocycles. The van der Waals surface area contributed by atoms with E-state index in [1.807, 2.05) is 51.1 Å². The molecule has 1 unspecified atom stereocenters. The van der Waals surface area contributed by atoms with Gasteiger partial charge in [-0.2, -0.15) is 15.5 Å². The van der Waals surface area contributed by atoms with Crippen molar-refractivity contribution >= 4 is 5.69 Å². The van der Waals surface area contributed by atoms with Crippen LogP contribution in [0.2, 0.25) is 0 Å². The predicted octanol–water partition coefficient (Wildman–Crippen LogP) is 4.07.